The highest BCUT2D eigenvalue weighted by atomic mass is 35.5. The van der Waals surface area contributed by atoms with E-state index in [-0.39, 0.29) is 23.1 Å². The molecule has 0 bridgehead atoms. The third-order valence-electron chi connectivity index (χ3n) is 3.29. The van der Waals surface area contributed by atoms with Crippen LogP contribution in [0.3, 0.4) is 0 Å². The first-order valence-electron chi connectivity index (χ1n) is 7.85. The van der Waals surface area contributed by atoms with Crippen molar-refractivity contribution in [2.24, 2.45) is 7.05 Å². The number of benzene rings is 1. The number of carbonyl (C=O) groups excluding carboxylic acids is 2. The Hall–Kier alpha value is -2.63. The third kappa shape index (κ3) is 5.21. The van der Waals surface area contributed by atoms with Crippen LogP contribution in [0.5, 0.6) is 5.88 Å². The monoisotopic (exact) mass is 438 g/mol. The molecule has 2 amide bonds. The summed E-state index contributed by atoms with van der Waals surface area (Å²) in [4.78, 5) is 24.4. The molecule has 9 nitrogen and oxygen atoms in total. The lowest BCUT2D eigenvalue weighted by atomic mass is 10.3. The van der Waals surface area contributed by atoms with Crippen LogP contribution in [0.2, 0.25) is 5.02 Å². The number of nitrogens with zero attached hydrogens (tertiary/aromatic N) is 4. The smallest absolute Gasteiger partial charge is 0.264 e. The van der Waals surface area contributed by atoms with Crippen molar-refractivity contribution in [1.29, 1.82) is 0 Å². The summed E-state index contributed by atoms with van der Waals surface area (Å²) in [5.74, 6) is -0.243. The first-order chi connectivity index (χ1) is 13.4. The molecule has 0 aliphatic heterocycles. The van der Waals surface area contributed by atoms with Crippen molar-refractivity contribution in [3.63, 3.8) is 0 Å². The lowest BCUT2D eigenvalue weighted by Crippen LogP contribution is -2.13. The molecular weight excluding hydrogens is 424 g/mol. The Kier molecular flexibility index (Phi) is 6.49. The maximum Gasteiger partial charge on any atom is 0.264 e. The number of rotatable bonds is 7. The topological polar surface area (TPSA) is 111 Å². The maximum atomic E-state index is 12.3. The number of carbonyl (C=O) groups is 2. The number of aromatic nitrogens is 4. The van der Waals surface area contributed by atoms with Crippen molar-refractivity contribution in [1.82, 2.24) is 20.0 Å². The summed E-state index contributed by atoms with van der Waals surface area (Å²) in [6, 6.07) is 6.89. The molecule has 0 spiro atoms. The van der Waals surface area contributed by atoms with E-state index in [1.807, 2.05) is 0 Å². The summed E-state index contributed by atoms with van der Waals surface area (Å²) in [6.07, 6.45) is 1.55. The summed E-state index contributed by atoms with van der Waals surface area (Å²) in [5.41, 5.74) is 0.907. The fraction of sp³-hybridized carbons (Fsp3) is 0.188. The van der Waals surface area contributed by atoms with Gasteiger partial charge in [0.1, 0.15) is 5.56 Å². The molecule has 0 saturated heterocycles. The summed E-state index contributed by atoms with van der Waals surface area (Å²) in [6.45, 7) is 0. The van der Waals surface area contributed by atoms with Crippen LogP contribution in [-0.2, 0) is 11.8 Å². The SMILES string of the molecule is COc1nn(C)cc1C(=O)Nc1nnc(SCC(=O)Nc2cccc(Cl)c2)s1. The van der Waals surface area contributed by atoms with Gasteiger partial charge >= 0.3 is 0 Å². The second kappa shape index (κ2) is 9.04. The number of hydrogen-bond acceptors (Lipinski definition) is 8. The van der Waals surface area contributed by atoms with E-state index >= 15 is 0 Å². The summed E-state index contributed by atoms with van der Waals surface area (Å²) in [7, 11) is 3.13. The van der Waals surface area contributed by atoms with Crippen LogP contribution in [0.15, 0.2) is 34.8 Å². The van der Waals surface area contributed by atoms with E-state index in [9.17, 15) is 9.59 Å². The number of thioether (sulfide) groups is 1. The molecule has 0 saturated carbocycles. The number of ether oxygens (including phenoxy) is 1. The van der Waals surface area contributed by atoms with Gasteiger partial charge in [0.05, 0.1) is 12.9 Å². The summed E-state index contributed by atoms with van der Waals surface area (Å²) < 4.78 is 7.10. The second-order valence-electron chi connectivity index (χ2n) is 5.40. The molecule has 3 aromatic rings. The van der Waals surface area contributed by atoms with Crippen molar-refractivity contribution >= 4 is 57.3 Å². The van der Waals surface area contributed by atoms with E-state index in [0.717, 1.165) is 0 Å². The number of nitrogens with one attached hydrogen (secondary N) is 2. The van der Waals surface area contributed by atoms with Gasteiger partial charge in [-0.3, -0.25) is 19.6 Å². The Morgan fingerprint density at radius 1 is 1.32 bits per heavy atom. The average Bonchev–Trinajstić information content (AvgIpc) is 3.26. The first-order valence-corrected chi connectivity index (χ1v) is 10.0. The van der Waals surface area contributed by atoms with Gasteiger partial charge < -0.3 is 10.1 Å². The van der Waals surface area contributed by atoms with E-state index in [1.54, 1.807) is 37.5 Å². The molecule has 1 aromatic carbocycles. The zero-order valence-electron chi connectivity index (χ0n) is 14.8. The largest absolute Gasteiger partial charge is 0.479 e. The Bertz CT molecular complexity index is 1010. The van der Waals surface area contributed by atoms with Crippen LogP contribution in [0.25, 0.3) is 0 Å². The first kappa shape index (κ1) is 20.1. The fourth-order valence-electron chi connectivity index (χ4n) is 2.15. The van der Waals surface area contributed by atoms with Gasteiger partial charge in [-0.15, -0.1) is 15.3 Å². The molecule has 2 heterocycles. The van der Waals surface area contributed by atoms with Crippen LogP contribution in [0.1, 0.15) is 10.4 Å². The Balaban J connectivity index is 1.54. The fourth-order valence-corrected chi connectivity index (χ4v) is 3.89. The molecule has 0 unspecified atom stereocenters. The van der Waals surface area contributed by atoms with Crippen LogP contribution < -0.4 is 15.4 Å². The average molecular weight is 439 g/mol. The van der Waals surface area contributed by atoms with Crippen LogP contribution in [-0.4, -0.2) is 44.7 Å². The van der Waals surface area contributed by atoms with E-state index in [1.165, 1.54) is 34.9 Å². The Labute approximate surface area is 173 Å². The predicted molar refractivity (Wildman–Crippen MR) is 108 cm³/mol. The van der Waals surface area contributed by atoms with Crippen LogP contribution in [0, 0.1) is 0 Å². The molecule has 0 aliphatic carbocycles. The van der Waals surface area contributed by atoms with E-state index in [0.29, 0.717) is 20.2 Å². The maximum absolute atomic E-state index is 12.3. The minimum atomic E-state index is -0.406. The molecule has 12 heteroatoms. The standard InChI is InChI=1S/C16H15ClN6O3S2/c1-23-7-11(14(22-23)26-2)13(25)19-15-20-21-16(28-15)27-8-12(24)18-10-5-3-4-9(17)6-10/h3-7H,8H2,1-2H3,(H,18,24)(H,19,20,25). The van der Waals surface area contributed by atoms with Crippen LogP contribution >= 0.6 is 34.7 Å². The number of hydrogen-bond donors (Lipinski definition) is 2. The highest BCUT2D eigenvalue weighted by molar-refractivity contribution is 8.01. The molecule has 0 fully saturated rings. The van der Waals surface area contributed by atoms with Crippen molar-refractivity contribution in [3.8, 4) is 5.88 Å². The molecule has 146 valence electrons. The lowest BCUT2D eigenvalue weighted by molar-refractivity contribution is -0.113. The van der Waals surface area contributed by atoms with Gasteiger partial charge in [-0.2, -0.15) is 0 Å². The van der Waals surface area contributed by atoms with E-state index in [4.69, 9.17) is 16.3 Å². The quantitative estimate of drug-likeness (QED) is 0.431. The number of aryl methyl sites for hydroxylation is 1. The normalized spacial score (nSPS) is 10.5. The van der Waals surface area contributed by atoms with Crippen molar-refractivity contribution < 1.29 is 14.3 Å². The van der Waals surface area contributed by atoms with Crippen molar-refractivity contribution in [3.05, 3.63) is 41.0 Å². The lowest BCUT2D eigenvalue weighted by Gasteiger charge is -2.04. The minimum Gasteiger partial charge on any atom is -0.479 e. The van der Waals surface area contributed by atoms with Gasteiger partial charge in [-0.05, 0) is 18.2 Å². The highest BCUT2D eigenvalue weighted by Crippen LogP contribution is 2.26. The molecule has 0 radical (unpaired) electrons. The van der Waals surface area contributed by atoms with E-state index < -0.39 is 5.91 Å². The van der Waals surface area contributed by atoms with Gasteiger partial charge in [0.2, 0.25) is 16.9 Å². The Morgan fingerprint density at radius 2 is 2.14 bits per heavy atom. The summed E-state index contributed by atoms with van der Waals surface area (Å²) in [5, 5.41) is 18.2. The zero-order chi connectivity index (χ0) is 20.1. The zero-order valence-corrected chi connectivity index (χ0v) is 17.2. The molecule has 0 atom stereocenters. The van der Waals surface area contributed by atoms with Gasteiger partial charge in [-0.25, -0.2) is 0 Å². The molecule has 0 aliphatic rings. The molecule has 3 rings (SSSR count). The van der Waals surface area contributed by atoms with Gasteiger partial charge in [0, 0.05) is 24.0 Å². The number of methoxy groups -OCH3 is 1. The summed E-state index contributed by atoms with van der Waals surface area (Å²) >= 11 is 8.27. The highest BCUT2D eigenvalue weighted by Gasteiger charge is 2.18. The van der Waals surface area contributed by atoms with Gasteiger partial charge in [0.15, 0.2) is 4.34 Å². The number of anilines is 2. The predicted octanol–water partition coefficient (Wildman–Crippen LogP) is 2.92. The third-order valence-corrected chi connectivity index (χ3v) is 5.50. The molecule has 2 aromatic heterocycles. The molecule has 28 heavy (non-hydrogen) atoms. The second-order valence-corrected chi connectivity index (χ2v) is 8.04. The molecular formula is C16H15ClN6O3S2. The van der Waals surface area contributed by atoms with Crippen LogP contribution in [0.4, 0.5) is 10.8 Å². The van der Waals surface area contributed by atoms with Crippen molar-refractivity contribution in [2.45, 2.75) is 4.34 Å². The van der Waals surface area contributed by atoms with Gasteiger partial charge in [-0.1, -0.05) is 40.8 Å². The number of amides is 2. The molecule has 2 N–H and O–H groups in total. The number of halogens is 1. The van der Waals surface area contributed by atoms with Crippen molar-refractivity contribution in [2.75, 3.05) is 23.5 Å². The minimum absolute atomic E-state index is 0.144. The Morgan fingerprint density at radius 3 is 2.89 bits per heavy atom. The van der Waals surface area contributed by atoms with Gasteiger partial charge in [0.25, 0.3) is 5.91 Å². The van der Waals surface area contributed by atoms with E-state index in [2.05, 4.69) is 25.9 Å².